The van der Waals surface area contributed by atoms with Gasteiger partial charge in [-0.15, -0.1) is 0 Å². The minimum Gasteiger partial charge on any atom is -0.353 e. The molecule has 0 bridgehead atoms. The average molecular weight is 570 g/mol. The molecular weight excluding hydrogens is 537 g/mol. The molecule has 5 nitrogen and oxygen atoms in total. The van der Waals surface area contributed by atoms with Crippen LogP contribution in [0.5, 0.6) is 0 Å². The molecule has 0 atom stereocenters. The van der Waals surface area contributed by atoms with Crippen LogP contribution in [0.25, 0.3) is 0 Å². The van der Waals surface area contributed by atoms with Crippen molar-refractivity contribution >= 4 is 0 Å². The molecular formula is C37H32FN3O2. The Bertz CT molecular complexity index is 1750. The van der Waals surface area contributed by atoms with E-state index in [2.05, 4.69) is 0 Å². The molecule has 0 aliphatic carbocycles. The van der Waals surface area contributed by atoms with Gasteiger partial charge in [0.2, 0.25) is 0 Å². The zero-order valence-electron chi connectivity index (χ0n) is 23.9. The zero-order valence-corrected chi connectivity index (χ0v) is 23.9. The minimum absolute atomic E-state index is 0.00325. The van der Waals surface area contributed by atoms with Crippen LogP contribution in [-0.4, -0.2) is 14.3 Å². The summed E-state index contributed by atoms with van der Waals surface area (Å²) in [5.74, 6) is 0.0345. The maximum Gasteiger partial charge on any atom is 0.346 e. The molecule has 0 saturated heterocycles. The van der Waals surface area contributed by atoms with E-state index in [4.69, 9.17) is 9.84 Å². The predicted molar refractivity (Wildman–Crippen MR) is 166 cm³/mol. The minimum atomic E-state index is -0.997. The number of hydrogen-bond acceptors (Lipinski definition) is 3. The van der Waals surface area contributed by atoms with Crippen molar-refractivity contribution in [3.63, 3.8) is 0 Å². The van der Waals surface area contributed by atoms with Crippen molar-refractivity contribution in [1.29, 1.82) is 0 Å². The third kappa shape index (κ3) is 5.83. The van der Waals surface area contributed by atoms with Gasteiger partial charge in [0.25, 0.3) is 0 Å². The molecule has 5 aromatic carbocycles. The highest BCUT2D eigenvalue weighted by molar-refractivity contribution is 5.47. The van der Waals surface area contributed by atoms with E-state index in [1.54, 1.807) is 18.2 Å². The number of aryl methyl sites for hydroxylation is 1. The summed E-state index contributed by atoms with van der Waals surface area (Å²) in [6.45, 7) is 2.35. The normalized spacial score (nSPS) is 11.5. The van der Waals surface area contributed by atoms with Gasteiger partial charge in [-0.2, -0.15) is 5.10 Å². The van der Waals surface area contributed by atoms with Gasteiger partial charge in [-0.25, -0.2) is 13.9 Å². The lowest BCUT2D eigenvalue weighted by molar-refractivity contribution is -0.00470. The van der Waals surface area contributed by atoms with E-state index in [1.807, 2.05) is 122 Å². The van der Waals surface area contributed by atoms with Crippen molar-refractivity contribution in [3.05, 3.63) is 195 Å². The lowest BCUT2D eigenvalue weighted by Crippen LogP contribution is -2.33. The summed E-state index contributed by atoms with van der Waals surface area (Å²) in [6, 6.07) is 44.6. The molecule has 1 heterocycles. The van der Waals surface area contributed by atoms with E-state index in [9.17, 15) is 9.18 Å². The van der Waals surface area contributed by atoms with Gasteiger partial charge in [-0.3, -0.25) is 4.57 Å². The topological polar surface area (TPSA) is 49.0 Å². The molecule has 43 heavy (non-hydrogen) atoms. The van der Waals surface area contributed by atoms with Crippen LogP contribution >= 0.6 is 0 Å². The summed E-state index contributed by atoms with van der Waals surface area (Å²) in [7, 11) is 0. The van der Waals surface area contributed by atoms with E-state index >= 15 is 0 Å². The molecule has 0 fully saturated rings. The van der Waals surface area contributed by atoms with Crippen molar-refractivity contribution in [3.8, 4) is 0 Å². The number of nitrogens with zero attached hydrogens (tertiary/aromatic N) is 3. The molecule has 1 aromatic heterocycles. The van der Waals surface area contributed by atoms with E-state index in [0.717, 1.165) is 27.8 Å². The Morgan fingerprint density at radius 2 is 1.19 bits per heavy atom. The Kier molecular flexibility index (Phi) is 8.11. The highest BCUT2D eigenvalue weighted by Gasteiger charge is 2.38. The number of ether oxygens (including phenoxy) is 1. The third-order valence-electron chi connectivity index (χ3n) is 7.70. The molecule has 214 valence electrons. The molecule has 0 saturated carbocycles. The molecule has 0 amide bonds. The van der Waals surface area contributed by atoms with E-state index in [0.29, 0.717) is 11.4 Å². The molecule has 0 radical (unpaired) electrons. The Balaban J connectivity index is 1.46. The zero-order chi connectivity index (χ0) is 29.6. The Hall–Kier alpha value is -5.07. The van der Waals surface area contributed by atoms with Crippen LogP contribution in [0.1, 0.15) is 39.2 Å². The number of halogens is 1. The van der Waals surface area contributed by atoms with Gasteiger partial charge >= 0.3 is 5.69 Å². The lowest BCUT2D eigenvalue weighted by atomic mass is 9.80. The fraction of sp³-hybridized carbons (Fsp3) is 0.135. The molecule has 6 heteroatoms. The van der Waals surface area contributed by atoms with Crippen LogP contribution in [0, 0.1) is 12.7 Å². The van der Waals surface area contributed by atoms with Gasteiger partial charge in [0.15, 0.2) is 5.82 Å². The Morgan fingerprint density at radius 3 is 1.72 bits per heavy atom. The van der Waals surface area contributed by atoms with Crippen molar-refractivity contribution in [2.75, 3.05) is 0 Å². The van der Waals surface area contributed by atoms with Gasteiger partial charge in [-0.05, 0) is 35.2 Å². The van der Waals surface area contributed by atoms with Crippen LogP contribution in [0.15, 0.2) is 144 Å². The molecule has 0 aliphatic rings. The largest absolute Gasteiger partial charge is 0.353 e. The maximum absolute atomic E-state index is 14.8. The van der Waals surface area contributed by atoms with Crippen LogP contribution in [0.3, 0.4) is 0 Å². The number of benzene rings is 5. The molecule has 6 aromatic rings. The third-order valence-corrected chi connectivity index (χ3v) is 7.70. The van der Waals surface area contributed by atoms with Gasteiger partial charge in [0.05, 0.1) is 13.1 Å². The fourth-order valence-corrected chi connectivity index (χ4v) is 5.46. The molecule has 0 N–H and O–H groups in total. The smallest absolute Gasteiger partial charge is 0.346 e. The van der Waals surface area contributed by atoms with E-state index in [-0.39, 0.29) is 31.2 Å². The van der Waals surface area contributed by atoms with Crippen molar-refractivity contribution in [2.24, 2.45) is 0 Å². The molecule has 0 unspecified atom stereocenters. The fourth-order valence-electron chi connectivity index (χ4n) is 5.46. The molecule has 0 aliphatic heterocycles. The number of rotatable bonds is 10. The Labute approximate surface area is 250 Å². The number of aromatic nitrogens is 3. The van der Waals surface area contributed by atoms with E-state index < -0.39 is 5.60 Å². The van der Waals surface area contributed by atoms with Crippen LogP contribution in [0.2, 0.25) is 0 Å². The van der Waals surface area contributed by atoms with Crippen molar-refractivity contribution in [2.45, 2.75) is 32.2 Å². The summed E-state index contributed by atoms with van der Waals surface area (Å²) in [5, 5.41) is 4.76. The monoisotopic (exact) mass is 569 g/mol. The van der Waals surface area contributed by atoms with Gasteiger partial charge in [0.1, 0.15) is 18.0 Å². The first-order valence-electron chi connectivity index (χ1n) is 14.3. The summed E-state index contributed by atoms with van der Waals surface area (Å²) in [6.07, 6.45) is 0. The first kappa shape index (κ1) is 28.1. The second-order valence-electron chi connectivity index (χ2n) is 10.6. The van der Waals surface area contributed by atoms with Gasteiger partial charge < -0.3 is 4.74 Å². The Morgan fingerprint density at radius 1 is 0.674 bits per heavy atom. The molecule has 0 spiro atoms. The standard InChI is InChI=1S/C37H32FN3O2/c1-28-21-23-29(24-22-28)25-41-36(42)40(26-30-13-11-12-20-34(30)38)35(39-41)27-43-37(31-14-5-2-6-15-31,32-16-7-3-8-17-32)33-18-9-4-10-19-33/h2-24H,25-27H2,1H3. The highest BCUT2D eigenvalue weighted by Crippen LogP contribution is 2.41. The SMILES string of the molecule is Cc1ccc(Cn2nc(COC(c3ccccc3)(c3ccccc3)c3ccccc3)n(Cc3ccccc3F)c2=O)cc1. The first-order chi connectivity index (χ1) is 21.0. The van der Waals surface area contributed by atoms with Crippen molar-refractivity contribution < 1.29 is 9.13 Å². The quantitative estimate of drug-likeness (QED) is 0.165. The van der Waals surface area contributed by atoms with Crippen LogP contribution in [0.4, 0.5) is 4.39 Å². The van der Waals surface area contributed by atoms with Crippen molar-refractivity contribution in [1.82, 2.24) is 14.3 Å². The second-order valence-corrected chi connectivity index (χ2v) is 10.6. The summed E-state index contributed by atoms with van der Waals surface area (Å²) in [5.41, 5.74) is 3.98. The van der Waals surface area contributed by atoms with Crippen LogP contribution < -0.4 is 5.69 Å². The van der Waals surface area contributed by atoms with Gasteiger partial charge in [-0.1, -0.05) is 139 Å². The van der Waals surface area contributed by atoms with E-state index in [1.165, 1.54) is 15.3 Å². The number of hydrogen-bond donors (Lipinski definition) is 0. The predicted octanol–water partition coefficient (Wildman–Crippen LogP) is 7.10. The lowest BCUT2D eigenvalue weighted by Gasteiger charge is -2.35. The average Bonchev–Trinajstić information content (AvgIpc) is 3.34. The highest BCUT2D eigenvalue weighted by atomic mass is 19.1. The molecule has 6 rings (SSSR count). The van der Waals surface area contributed by atoms with Crippen LogP contribution in [-0.2, 0) is 30.0 Å². The first-order valence-corrected chi connectivity index (χ1v) is 14.3. The second kappa shape index (κ2) is 12.4. The summed E-state index contributed by atoms with van der Waals surface area (Å²) >= 11 is 0. The summed E-state index contributed by atoms with van der Waals surface area (Å²) in [4.78, 5) is 13.8. The summed E-state index contributed by atoms with van der Waals surface area (Å²) < 4.78 is 24.7. The maximum atomic E-state index is 14.8. The van der Waals surface area contributed by atoms with Gasteiger partial charge in [0, 0.05) is 5.56 Å².